The molecule has 0 aromatic heterocycles. The molecule has 1 aromatic carbocycles. The third-order valence-electron chi connectivity index (χ3n) is 1.95. The molecule has 9 heteroatoms. The second kappa shape index (κ2) is 8.84. The third kappa shape index (κ3) is 7.29. The van der Waals surface area contributed by atoms with Gasteiger partial charge in [-0.25, -0.2) is 0 Å². The molecule has 0 aliphatic carbocycles. The van der Waals surface area contributed by atoms with Gasteiger partial charge < -0.3 is 14.2 Å². The average Bonchev–Trinajstić information content (AvgIpc) is 2.41. The smallest absolute Gasteiger partial charge is 0.290 e. The maximum Gasteiger partial charge on any atom is 0.290 e. The largest absolute Gasteiger partial charge is 0.484 e. The molecule has 0 saturated carbocycles. The van der Waals surface area contributed by atoms with Crippen LogP contribution in [0.2, 0.25) is 0 Å². The first-order chi connectivity index (χ1) is 9.88. The Kier molecular flexibility index (Phi) is 7.45. The van der Waals surface area contributed by atoms with E-state index in [1.807, 2.05) is 0 Å². The zero-order valence-electron chi connectivity index (χ0n) is 10.4. The summed E-state index contributed by atoms with van der Waals surface area (Å²) >= 11 is 15.5. The molecule has 1 aromatic rings. The molecule has 0 spiro atoms. The molecule has 1 unspecified atom stereocenters. The van der Waals surface area contributed by atoms with Gasteiger partial charge in [-0.05, 0) is 59.1 Å². The number of rotatable bonds is 9. The van der Waals surface area contributed by atoms with E-state index in [1.54, 1.807) is 0 Å². The predicted molar refractivity (Wildman–Crippen MR) is 74.9 cm³/mol. The summed E-state index contributed by atoms with van der Waals surface area (Å²) in [5, 5.41) is -2.38. The Morgan fingerprint density at radius 2 is 1.43 bits per heavy atom. The lowest BCUT2D eigenvalue weighted by atomic mass is 10.3. The van der Waals surface area contributed by atoms with Gasteiger partial charge >= 0.3 is 0 Å². The van der Waals surface area contributed by atoms with E-state index >= 15 is 0 Å². The molecule has 0 aliphatic rings. The van der Waals surface area contributed by atoms with Crippen LogP contribution in [0, 0.1) is 0 Å². The van der Waals surface area contributed by atoms with Crippen molar-refractivity contribution in [3.63, 3.8) is 0 Å². The van der Waals surface area contributed by atoms with Gasteiger partial charge in [-0.3, -0.25) is 14.4 Å². The van der Waals surface area contributed by atoms with Crippen LogP contribution in [-0.4, -0.2) is 35.2 Å². The van der Waals surface area contributed by atoms with Crippen molar-refractivity contribution < 1.29 is 28.6 Å². The number of carbonyl (C=O) groups is 3. The van der Waals surface area contributed by atoms with Gasteiger partial charge in [0.25, 0.3) is 16.8 Å². The second-order valence-corrected chi connectivity index (χ2v) is 4.75. The lowest BCUT2D eigenvalue weighted by Gasteiger charge is -2.15. The molecule has 6 nitrogen and oxygen atoms in total. The first kappa shape index (κ1) is 17.7. The minimum absolute atomic E-state index is 0.237. The van der Waals surface area contributed by atoms with E-state index in [1.165, 1.54) is 24.3 Å². The Labute approximate surface area is 134 Å². The SMILES string of the molecule is O=C(Cl)COc1ccc(OC(OCC(=O)Cl)C(=O)Cl)cc1. The molecular formula is C12H9Cl3O6. The lowest BCUT2D eigenvalue weighted by Crippen LogP contribution is -2.28. The number of hydrogen-bond donors (Lipinski definition) is 0. The van der Waals surface area contributed by atoms with Crippen molar-refractivity contribution in [2.24, 2.45) is 0 Å². The second-order valence-electron chi connectivity index (χ2n) is 3.54. The van der Waals surface area contributed by atoms with Crippen molar-refractivity contribution in [3.8, 4) is 11.5 Å². The quantitative estimate of drug-likeness (QED) is 0.498. The van der Waals surface area contributed by atoms with Crippen LogP contribution in [0.4, 0.5) is 0 Å². The molecule has 0 radical (unpaired) electrons. The van der Waals surface area contributed by atoms with Crippen LogP contribution in [0.3, 0.4) is 0 Å². The van der Waals surface area contributed by atoms with Gasteiger partial charge in [0, 0.05) is 0 Å². The van der Waals surface area contributed by atoms with E-state index in [9.17, 15) is 14.4 Å². The minimum Gasteiger partial charge on any atom is -0.484 e. The maximum atomic E-state index is 11.1. The van der Waals surface area contributed by atoms with E-state index < -0.39 is 28.6 Å². The minimum atomic E-state index is -1.47. The number of benzene rings is 1. The molecule has 0 saturated heterocycles. The van der Waals surface area contributed by atoms with Gasteiger partial charge in [-0.1, -0.05) is 0 Å². The fourth-order valence-electron chi connectivity index (χ4n) is 1.17. The summed E-state index contributed by atoms with van der Waals surface area (Å²) in [7, 11) is 0. The van der Waals surface area contributed by atoms with E-state index in [4.69, 9.17) is 49.0 Å². The number of halogens is 3. The zero-order chi connectivity index (χ0) is 15.8. The topological polar surface area (TPSA) is 78.9 Å². The highest BCUT2D eigenvalue weighted by Gasteiger charge is 2.20. The monoisotopic (exact) mass is 354 g/mol. The molecule has 0 aliphatic heterocycles. The van der Waals surface area contributed by atoms with Gasteiger partial charge in [0.05, 0.1) is 0 Å². The van der Waals surface area contributed by atoms with E-state index in [0.29, 0.717) is 5.75 Å². The molecule has 0 heterocycles. The standard InChI is InChI=1S/C12H9Cl3O6/c13-9(16)5-19-7-1-3-8(4-2-7)21-12(11(15)18)20-6-10(14)17/h1-4,12H,5-6H2. The number of ether oxygens (including phenoxy) is 3. The van der Waals surface area contributed by atoms with E-state index in [-0.39, 0.29) is 12.4 Å². The Balaban J connectivity index is 2.61. The van der Waals surface area contributed by atoms with Crippen LogP contribution in [0.5, 0.6) is 11.5 Å². The van der Waals surface area contributed by atoms with Gasteiger partial charge in [0.15, 0.2) is 6.61 Å². The Morgan fingerprint density at radius 1 is 0.905 bits per heavy atom. The third-order valence-corrected chi connectivity index (χ3v) is 2.35. The van der Waals surface area contributed by atoms with Crippen molar-refractivity contribution in [2.75, 3.05) is 13.2 Å². The molecule has 0 N–H and O–H groups in total. The van der Waals surface area contributed by atoms with Crippen LogP contribution >= 0.6 is 34.8 Å². The van der Waals surface area contributed by atoms with Gasteiger partial charge in [-0.15, -0.1) is 0 Å². The highest BCUT2D eigenvalue weighted by molar-refractivity contribution is 6.65. The van der Waals surface area contributed by atoms with Crippen LogP contribution in [0.1, 0.15) is 0 Å². The van der Waals surface area contributed by atoms with Gasteiger partial charge in [0.1, 0.15) is 18.1 Å². The van der Waals surface area contributed by atoms with Crippen molar-refractivity contribution in [3.05, 3.63) is 24.3 Å². The summed E-state index contributed by atoms with van der Waals surface area (Å²) in [4.78, 5) is 32.2. The summed E-state index contributed by atoms with van der Waals surface area (Å²) in [6, 6.07) is 5.87. The maximum absolute atomic E-state index is 11.1. The van der Waals surface area contributed by atoms with Crippen molar-refractivity contribution in [2.45, 2.75) is 6.29 Å². The average molecular weight is 356 g/mol. The summed E-state index contributed by atoms with van der Waals surface area (Å²) in [6.07, 6.45) is -1.47. The number of carbonyl (C=O) groups excluding carboxylic acids is 3. The Bertz CT molecular complexity index is 516. The van der Waals surface area contributed by atoms with Crippen molar-refractivity contribution in [1.82, 2.24) is 0 Å². The molecule has 114 valence electrons. The van der Waals surface area contributed by atoms with Crippen LogP contribution in [0.25, 0.3) is 0 Å². The lowest BCUT2D eigenvalue weighted by molar-refractivity contribution is -0.145. The van der Waals surface area contributed by atoms with Crippen molar-refractivity contribution in [1.29, 1.82) is 0 Å². The Hall–Kier alpha value is -1.34. The molecule has 1 atom stereocenters. The first-order valence-corrected chi connectivity index (χ1v) is 6.59. The predicted octanol–water partition coefficient (Wildman–Crippen LogP) is 2.08. The molecule has 21 heavy (non-hydrogen) atoms. The number of hydrogen-bond acceptors (Lipinski definition) is 6. The van der Waals surface area contributed by atoms with Gasteiger partial charge in [0.2, 0.25) is 5.24 Å². The highest BCUT2D eigenvalue weighted by Crippen LogP contribution is 2.19. The molecular weight excluding hydrogens is 346 g/mol. The van der Waals surface area contributed by atoms with Crippen LogP contribution in [0.15, 0.2) is 24.3 Å². The van der Waals surface area contributed by atoms with E-state index in [0.717, 1.165) is 0 Å². The molecule has 0 fully saturated rings. The summed E-state index contributed by atoms with van der Waals surface area (Å²) < 4.78 is 15.0. The molecule has 0 amide bonds. The highest BCUT2D eigenvalue weighted by atomic mass is 35.5. The summed E-state index contributed by atoms with van der Waals surface area (Å²) in [5.74, 6) is 0.613. The van der Waals surface area contributed by atoms with Crippen LogP contribution in [-0.2, 0) is 19.1 Å². The zero-order valence-corrected chi connectivity index (χ0v) is 12.7. The first-order valence-electron chi connectivity index (χ1n) is 5.45. The summed E-state index contributed by atoms with van der Waals surface area (Å²) in [6.45, 7) is -0.796. The fourth-order valence-corrected chi connectivity index (χ4v) is 1.39. The molecule has 0 bridgehead atoms. The van der Waals surface area contributed by atoms with E-state index in [2.05, 4.69) is 0 Å². The van der Waals surface area contributed by atoms with Crippen LogP contribution < -0.4 is 9.47 Å². The molecule has 1 rings (SSSR count). The Morgan fingerprint density at radius 3 is 1.90 bits per heavy atom. The summed E-state index contributed by atoms with van der Waals surface area (Å²) in [5.41, 5.74) is 0. The van der Waals surface area contributed by atoms with Crippen molar-refractivity contribution >= 4 is 50.5 Å². The normalized spacial score (nSPS) is 11.6. The fraction of sp³-hybridized carbons (Fsp3) is 0.250. The van der Waals surface area contributed by atoms with Gasteiger partial charge in [-0.2, -0.15) is 0 Å².